The number of hydrogen-bond acceptors (Lipinski definition) is 0. The van der Waals surface area contributed by atoms with Crippen molar-refractivity contribution in [3.05, 3.63) is 153 Å². The van der Waals surface area contributed by atoms with Crippen LogP contribution in [0, 0.1) is 5.92 Å². The quantitative estimate of drug-likeness (QED) is 0.298. The molecule has 210 valence electrons. The van der Waals surface area contributed by atoms with Crippen molar-refractivity contribution in [1.29, 1.82) is 0 Å². The summed E-state index contributed by atoms with van der Waals surface area (Å²) in [6, 6.07) is 15.8. The lowest BCUT2D eigenvalue weighted by Crippen LogP contribution is -2.22. The summed E-state index contributed by atoms with van der Waals surface area (Å²) < 4.78 is 0. The Hall–Kier alpha value is -3.64. The van der Waals surface area contributed by atoms with Crippen molar-refractivity contribution >= 4 is 11.1 Å². The molecule has 0 bridgehead atoms. The van der Waals surface area contributed by atoms with Crippen LogP contribution in [-0.4, -0.2) is 0 Å². The van der Waals surface area contributed by atoms with E-state index in [1.54, 1.807) is 0 Å². The van der Waals surface area contributed by atoms with Crippen molar-refractivity contribution in [2.24, 2.45) is 5.92 Å². The molecule has 2 unspecified atom stereocenters. The number of benzene rings is 2. The Balaban J connectivity index is 1.50. The predicted octanol–water partition coefficient (Wildman–Crippen LogP) is 11.5. The Morgan fingerprint density at radius 1 is 0.951 bits per heavy atom. The van der Waals surface area contributed by atoms with Crippen LogP contribution < -0.4 is 0 Å². The number of allylic oxidation sites excluding steroid dienone is 13. The number of rotatable bonds is 9. The van der Waals surface area contributed by atoms with E-state index in [4.69, 9.17) is 6.58 Å². The van der Waals surface area contributed by atoms with Crippen LogP contribution in [0.5, 0.6) is 0 Å². The van der Waals surface area contributed by atoms with Crippen LogP contribution >= 0.6 is 0 Å². The zero-order valence-electron chi connectivity index (χ0n) is 25.9. The molecule has 1 saturated carbocycles. The molecule has 0 aromatic heterocycles. The summed E-state index contributed by atoms with van der Waals surface area (Å²) in [6.07, 6.45) is 15.7. The molecule has 2 aromatic carbocycles. The highest BCUT2D eigenvalue weighted by atomic mass is 14.4. The smallest absolute Gasteiger partial charge is 0.0203 e. The van der Waals surface area contributed by atoms with E-state index in [1.165, 1.54) is 72.4 Å². The summed E-state index contributed by atoms with van der Waals surface area (Å²) in [7, 11) is 0. The van der Waals surface area contributed by atoms with Crippen molar-refractivity contribution in [2.45, 2.75) is 79.1 Å². The normalized spacial score (nSPS) is 21.1. The average Bonchev–Trinajstić information content (AvgIpc) is 3.56. The Morgan fingerprint density at radius 2 is 1.73 bits per heavy atom. The summed E-state index contributed by atoms with van der Waals surface area (Å²) in [5.74, 6) is 0.576. The predicted molar refractivity (Wildman–Crippen MR) is 180 cm³/mol. The SMILES string of the molecule is C=C(CCC)C1=C(C)C=C2C/C(=C\C3=CC=C(c4ccccc4C(=C)C)C3)C(=C)C2C1c1ccc(CC)cc1CC. The molecule has 0 spiro atoms. The molecule has 0 saturated heterocycles. The standard InChI is InChI=1S/C41H46/c1-9-14-27(6)39-28(7)21-35-25-34(24-31-17-19-33(23-31)37-16-13-12-15-36(37)26(4)5)29(8)40(35)41(39)38-20-18-30(10-2)22-32(38)11-3/h12-13,15-22,24,40-41H,4,6,8-11,14,23,25H2,1-3,5,7H3/b34-24+. The van der Waals surface area contributed by atoms with Crippen LogP contribution in [0.2, 0.25) is 0 Å². The van der Waals surface area contributed by atoms with Gasteiger partial charge in [-0.3, -0.25) is 0 Å². The maximum absolute atomic E-state index is 4.79. The van der Waals surface area contributed by atoms with Gasteiger partial charge >= 0.3 is 0 Å². The summed E-state index contributed by atoms with van der Waals surface area (Å²) >= 11 is 0. The number of fused-ring (bicyclic) bond motifs is 1. The highest BCUT2D eigenvalue weighted by Gasteiger charge is 2.41. The van der Waals surface area contributed by atoms with Gasteiger partial charge in [-0.25, -0.2) is 0 Å². The molecule has 41 heavy (non-hydrogen) atoms. The van der Waals surface area contributed by atoms with E-state index in [1.807, 2.05) is 0 Å². The van der Waals surface area contributed by atoms with E-state index in [0.717, 1.165) is 44.1 Å². The van der Waals surface area contributed by atoms with Crippen LogP contribution in [0.25, 0.3) is 11.1 Å². The third-order valence-electron chi connectivity index (χ3n) is 9.30. The monoisotopic (exact) mass is 538 g/mol. The second-order valence-corrected chi connectivity index (χ2v) is 12.2. The lowest BCUT2D eigenvalue weighted by Gasteiger charge is -2.36. The molecular weight excluding hydrogens is 492 g/mol. The van der Waals surface area contributed by atoms with Crippen molar-refractivity contribution in [3.63, 3.8) is 0 Å². The fraction of sp³-hybridized carbons (Fsp3) is 0.317. The van der Waals surface area contributed by atoms with Gasteiger partial charge in [-0.15, -0.1) is 0 Å². The minimum Gasteiger partial charge on any atom is -0.0955 e. The summed E-state index contributed by atoms with van der Waals surface area (Å²) in [5.41, 5.74) is 19.1. The first-order chi connectivity index (χ1) is 19.8. The van der Waals surface area contributed by atoms with Gasteiger partial charge in [0.25, 0.3) is 0 Å². The lowest BCUT2D eigenvalue weighted by atomic mass is 9.68. The van der Waals surface area contributed by atoms with Crippen LogP contribution in [0.4, 0.5) is 0 Å². The second-order valence-electron chi connectivity index (χ2n) is 12.2. The summed E-state index contributed by atoms with van der Waals surface area (Å²) in [4.78, 5) is 0. The van der Waals surface area contributed by atoms with Crippen molar-refractivity contribution in [1.82, 2.24) is 0 Å². The molecule has 0 radical (unpaired) electrons. The van der Waals surface area contributed by atoms with Crippen LogP contribution in [-0.2, 0) is 12.8 Å². The molecule has 5 rings (SSSR count). The van der Waals surface area contributed by atoms with Gasteiger partial charge < -0.3 is 0 Å². The van der Waals surface area contributed by atoms with Gasteiger partial charge in [-0.2, -0.15) is 0 Å². The lowest BCUT2D eigenvalue weighted by molar-refractivity contribution is 0.614. The zero-order valence-corrected chi connectivity index (χ0v) is 25.9. The summed E-state index contributed by atoms with van der Waals surface area (Å²) in [5, 5.41) is 0. The number of hydrogen-bond donors (Lipinski definition) is 0. The van der Waals surface area contributed by atoms with E-state index in [2.05, 4.69) is 115 Å². The van der Waals surface area contributed by atoms with Gasteiger partial charge in [-0.05, 0) is 107 Å². The maximum atomic E-state index is 4.79. The first-order valence-electron chi connectivity index (χ1n) is 15.5. The molecule has 0 amide bonds. The molecule has 2 atom stereocenters. The topological polar surface area (TPSA) is 0 Å². The molecule has 3 aliphatic rings. The Kier molecular flexibility index (Phi) is 8.50. The molecule has 0 heterocycles. The molecule has 0 N–H and O–H groups in total. The van der Waals surface area contributed by atoms with E-state index in [-0.39, 0.29) is 5.92 Å². The third-order valence-corrected chi connectivity index (χ3v) is 9.30. The molecule has 1 fully saturated rings. The molecule has 0 heteroatoms. The molecule has 2 aromatic rings. The summed E-state index contributed by atoms with van der Waals surface area (Å²) in [6.45, 7) is 24.8. The molecule has 3 aliphatic carbocycles. The molecule has 0 aliphatic heterocycles. The average molecular weight is 539 g/mol. The van der Waals surface area contributed by atoms with E-state index < -0.39 is 0 Å². The van der Waals surface area contributed by atoms with Crippen molar-refractivity contribution in [2.75, 3.05) is 0 Å². The zero-order chi connectivity index (χ0) is 29.3. The fourth-order valence-electron chi connectivity index (χ4n) is 7.28. The van der Waals surface area contributed by atoms with Crippen molar-refractivity contribution < 1.29 is 0 Å². The number of aryl methyl sites for hydroxylation is 2. The van der Waals surface area contributed by atoms with Gasteiger partial charge in [0.05, 0.1) is 0 Å². The van der Waals surface area contributed by atoms with Crippen LogP contribution in [0.1, 0.15) is 94.0 Å². The third kappa shape index (κ3) is 5.50. The van der Waals surface area contributed by atoms with E-state index in [0.29, 0.717) is 5.92 Å². The Morgan fingerprint density at radius 3 is 2.44 bits per heavy atom. The fourth-order valence-corrected chi connectivity index (χ4v) is 7.28. The largest absolute Gasteiger partial charge is 0.0955 e. The Bertz CT molecular complexity index is 1570. The second kappa shape index (κ2) is 12.1. The van der Waals surface area contributed by atoms with Gasteiger partial charge in [0, 0.05) is 11.8 Å². The van der Waals surface area contributed by atoms with Gasteiger partial charge in [0.15, 0.2) is 0 Å². The van der Waals surface area contributed by atoms with Gasteiger partial charge in [0.2, 0.25) is 0 Å². The Labute approximate surface area is 249 Å². The highest BCUT2D eigenvalue weighted by molar-refractivity contribution is 5.82. The maximum Gasteiger partial charge on any atom is 0.0203 e. The molecule has 0 nitrogen and oxygen atoms in total. The van der Waals surface area contributed by atoms with E-state index in [9.17, 15) is 0 Å². The van der Waals surface area contributed by atoms with Crippen LogP contribution in [0.3, 0.4) is 0 Å². The minimum absolute atomic E-state index is 0.280. The van der Waals surface area contributed by atoms with Crippen LogP contribution in [0.15, 0.2) is 126 Å². The molecular formula is C41H46. The van der Waals surface area contributed by atoms with Gasteiger partial charge in [-0.1, -0.05) is 130 Å². The van der Waals surface area contributed by atoms with Gasteiger partial charge in [0.1, 0.15) is 0 Å². The first-order valence-corrected chi connectivity index (χ1v) is 15.5. The van der Waals surface area contributed by atoms with Crippen molar-refractivity contribution in [3.8, 4) is 0 Å². The highest BCUT2D eigenvalue weighted by Crippen LogP contribution is 2.55. The minimum atomic E-state index is 0.280. The van der Waals surface area contributed by atoms with E-state index >= 15 is 0 Å². The first kappa shape index (κ1) is 28.9.